The Morgan fingerprint density at radius 2 is 1.59 bits per heavy atom. The Morgan fingerprint density at radius 1 is 0.882 bits per heavy atom. The molecule has 0 spiro atoms. The first-order valence-corrected chi connectivity index (χ1v) is 12.0. The van der Waals surface area contributed by atoms with Crippen LogP contribution in [0.2, 0.25) is 0 Å². The zero-order chi connectivity index (χ0) is 24.1. The molecule has 4 aromatic rings. The zero-order valence-corrected chi connectivity index (χ0v) is 19.5. The summed E-state index contributed by atoms with van der Waals surface area (Å²) in [5.41, 5.74) is 4.52. The van der Waals surface area contributed by atoms with Crippen LogP contribution in [-0.4, -0.2) is 27.1 Å². The van der Waals surface area contributed by atoms with Crippen molar-refractivity contribution in [2.24, 2.45) is 5.10 Å². The van der Waals surface area contributed by atoms with Crippen LogP contribution < -0.4 is 14.9 Å². The number of benzene rings is 4. The molecular formula is C26H23N3O4S. The molecule has 34 heavy (non-hydrogen) atoms. The number of rotatable bonds is 7. The van der Waals surface area contributed by atoms with E-state index in [2.05, 4.69) is 15.2 Å². The highest BCUT2D eigenvalue weighted by atomic mass is 32.2. The van der Waals surface area contributed by atoms with Gasteiger partial charge in [-0.2, -0.15) is 5.10 Å². The van der Waals surface area contributed by atoms with E-state index in [1.165, 1.54) is 31.4 Å². The number of nitrogens with zero attached hydrogens (tertiary/aromatic N) is 1. The highest BCUT2D eigenvalue weighted by Gasteiger charge is 2.18. The zero-order valence-electron chi connectivity index (χ0n) is 18.6. The number of hydrogen-bond donors (Lipinski definition) is 2. The second-order valence-electron chi connectivity index (χ2n) is 7.50. The highest BCUT2D eigenvalue weighted by Crippen LogP contribution is 2.26. The second kappa shape index (κ2) is 9.76. The number of sulfonamides is 1. The highest BCUT2D eigenvalue weighted by molar-refractivity contribution is 7.92. The number of anilines is 1. The van der Waals surface area contributed by atoms with Crippen LogP contribution >= 0.6 is 0 Å². The van der Waals surface area contributed by atoms with Crippen molar-refractivity contribution in [2.75, 3.05) is 11.8 Å². The number of hydrazone groups is 1. The van der Waals surface area contributed by atoms with Crippen LogP contribution in [0, 0.1) is 0 Å². The SMILES string of the molecule is COc1ccccc1NS(=O)(=O)c1cccc(C(=O)N/N=C(/C)c2cccc3ccccc23)c1. The summed E-state index contributed by atoms with van der Waals surface area (Å²) in [5, 5.41) is 6.33. The Kier molecular flexibility index (Phi) is 6.60. The molecule has 0 bridgehead atoms. The molecule has 0 radical (unpaired) electrons. The van der Waals surface area contributed by atoms with E-state index in [4.69, 9.17) is 4.74 Å². The molecule has 0 heterocycles. The summed E-state index contributed by atoms with van der Waals surface area (Å²) in [6, 6.07) is 26.2. The van der Waals surface area contributed by atoms with E-state index >= 15 is 0 Å². The van der Waals surface area contributed by atoms with E-state index in [-0.39, 0.29) is 10.5 Å². The average molecular weight is 474 g/mol. The van der Waals surface area contributed by atoms with Crippen LogP contribution in [0.1, 0.15) is 22.8 Å². The summed E-state index contributed by atoms with van der Waals surface area (Å²) in [6.07, 6.45) is 0. The quantitative estimate of drug-likeness (QED) is 0.298. The standard InChI is InChI=1S/C26H23N3O4S/c1-18(22-14-8-10-19-9-3-4-13-23(19)22)27-28-26(30)20-11-7-12-21(17-20)34(31,32)29-24-15-5-6-16-25(24)33-2/h3-17,29H,1-2H3,(H,28,30)/b27-18-. The van der Waals surface area contributed by atoms with Crippen LogP contribution in [0.4, 0.5) is 5.69 Å². The first-order chi connectivity index (χ1) is 16.4. The van der Waals surface area contributed by atoms with Gasteiger partial charge in [-0.1, -0.05) is 60.7 Å². The first kappa shape index (κ1) is 23.0. The molecule has 4 aromatic carbocycles. The normalized spacial score (nSPS) is 11.8. The predicted molar refractivity (Wildman–Crippen MR) is 134 cm³/mol. The van der Waals surface area contributed by atoms with Crippen molar-refractivity contribution < 1.29 is 17.9 Å². The Morgan fingerprint density at radius 3 is 2.41 bits per heavy atom. The molecule has 0 aliphatic rings. The summed E-state index contributed by atoms with van der Waals surface area (Å²) < 4.78 is 33.5. The van der Waals surface area contributed by atoms with Gasteiger partial charge in [0, 0.05) is 11.1 Å². The van der Waals surface area contributed by atoms with Gasteiger partial charge in [0.05, 0.1) is 23.4 Å². The fourth-order valence-corrected chi connectivity index (χ4v) is 4.65. The van der Waals surface area contributed by atoms with Crippen molar-refractivity contribution in [1.29, 1.82) is 0 Å². The van der Waals surface area contributed by atoms with E-state index in [0.29, 0.717) is 17.1 Å². The van der Waals surface area contributed by atoms with E-state index < -0.39 is 15.9 Å². The van der Waals surface area contributed by atoms with Crippen LogP contribution in [0.3, 0.4) is 0 Å². The van der Waals surface area contributed by atoms with Gasteiger partial charge in [0.15, 0.2) is 0 Å². The summed E-state index contributed by atoms with van der Waals surface area (Å²) in [5.74, 6) is -0.132. The molecule has 1 amide bonds. The molecule has 0 atom stereocenters. The molecule has 4 rings (SSSR count). The monoisotopic (exact) mass is 473 g/mol. The smallest absolute Gasteiger partial charge is 0.271 e. The first-order valence-electron chi connectivity index (χ1n) is 10.5. The molecule has 172 valence electrons. The number of ether oxygens (including phenoxy) is 1. The van der Waals surface area contributed by atoms with Gasteiger partial charge in [0.25, 0.3) is 15.9 Å². The van der Waals surface area contributed by atoms with Gasteiger partial charge in [0.1, 0.15) is 5.75 Å². The Bertz CT molecular complexity index is 1490. The van der Waals surface area contributed by atoms with Crippen molar-refractivity contribution in [3.8, 4) is 5.75 Å². The van der Waals surface area contributed by atoms with Crippen LogP contribution in [0.25, 0.3) is 10.8 Å². The predicted octanol–water partition coefficient (Wildman–Crippen LogP) is 4.80. The minimum absolute atomic E-state index is 0.0548. The fraction of sp³-hybridized carbons (Fsp3) is 0.0769. The van der Waals surface area contributed by atoms with Crippen LogP contribution in [-0.2, 0) is 10.0 Å². The molecular weight excluding hydrogens is 450 g/mol. The third-order valence-electron chi connectivity index (χ3n) is 5.26. The molecule has 0 saturated heterocycles. The molecule has 0 saturated carbocycles. The van der Waals surface area contributed by atoms with E-state index in [1.54, 1.807) is 31.2 Å². The van der Waals surface area contributed by atoms with Gasteiger partial charge < -0.3 is 4.74 Å². The number of carbonyl (C=O) groups excluding carboxylic acids is 1. The maximum Gasteiger partial charge on any atom is 0.271 e. The summed E-state index contributed by atoms with van der Waals surface area (Å²) in [4.78, 5) is 12.7. The van der Waals surface area contributed by atoms with Gasteiger partial charge in [-0.25, -0.2) is 13.8 Å². The third kappa shape index (κ3) is 4.92. The molecule has 7 nitrogen and oxygen atoms in total. The minimum Gasteiger partial charge on any atom is -0.495 e. The molecule has 0 fully saturated rings. The molecule has 0 unspecified atom stereocenters. The topological polar surface area (TPSA) is 96.9 Å². The maximum absolute atomic E-state index is 12.9. The van der Waals surface area contributed by atoms with Crippen LogP contribution in [0.15, 0.2) is 101 Å². The summed E-state index contributed by atoms with van der Waals surface area (Å²) in [6.45, 7) is 1.81. The number of para-hydroxylation sites is 2. The summed E-state index contributed by atoms with van der Waals surface area (Å²) >= 11 is 0. The van der Waals surface area contributed by atoms with Gasteiger partial charge in [-0.15, -0.1) is 0 Å². The number of methoxy groups -OCH3 is 1. The Hall–Kier alpha value is -4.17. The van der Waals surface area contributed by atoms with E-state index in [0.717, 1.165) is 16.3 Å². The van der Waals surface area contributed by atoms with Crippen LogP contribution in [0.5, 0.6) is 5.75 Å². The largest absolute Gasteiger partial charge is 0.495 e. The van der Waals surface area contributed by atoms with Gasteiger partial charge >= 0.3 is 0 Å². The number of hydrogen-bond acceptors (Lipinski definition) is 5. The fourth-order valence-electron chi connectivity index (χ4n) is 3.54. The maximum atomic E-state index is 12.9. The minimum atomic E-state index is -3.95. The van der Waals surface area contributed by atoms with Gasteiger partial charge in [-0.3, -0.25) is 9.52 Å². The number of carbonyl (C=O) groups is 1. The van der Waals surface area contributed by atoms with Crippen molar-refractivity contribution in [2.45, 2.75) is 11.8 Å². The molecule has 0 aromatic heterocycles. The molecule has 0 aliphatic heterocycles. The van der Waals surface area contributed by atoms with Gasteiger partial charge in [-0.05, 0) is 48.0 Å². The van der Waals surface area contributed by atoms with Gasteiger partial charge in [0.2, 0.25) is 0 Å². The lowest BCUT2D eigenvalue weighted by atomic mass is 10.0. The number of nitrogens with one attached hydrogen (secondary N) is 2. The van der Waals surface area contributed by atoms with Crippen molar-refractivity contribution in [1.82, 2.24) is 5.43 Å². The average Bonchev–Trinajstić information content (AvgIpc) is 2.87. The summed E-state index contributed by atoms with van der Waals surface area (Å²) in [7, 11) is -2.49. The lowest BCUT2D eigenvalue weighted by molar-refractivity contribution is 0.0954. The number of fused-ring (bicyclic) bond motifs is 1. The van der Waals surface area contributed by atoms with Crippen molar-refractivity contribution in [3.63, 3.8) is 0 Å². The number of amides is 1. The third-order valence-corrected chi connectivity index (χ3v) is 6.63. The molecule has 2 N–H and O–H groups in total. The van der Waals surface area contributed by atoms with E-state index in [9.17, 15) is 13.2 Å². The lowest BCUT2D eigenvalue weighted by Crippen LogP contribution is -2.20. The van der Waals surface area contributed by atoms with Crippen molar-refractivity contribution >= 4 is 38.1 Å². The molecule has 0 aliphatic carbocycles. The second-order valence-corrected chi connectivity index (χ2v) is 9.18. The molecule has 8 heteroatoms. The van der Waals surface area contributed by atoms with Crippen molar-refractivity contribution in [3.05, 3.63) is 102 Å². The Balaban J connectivity index is 1.55. The lowest BCUT2D eigenvalue weighted by Gasteiger charge is -2.12. The Labute approximate surface area is 198 Å². The van der Waals surface area contributed by atoms with E-state index in [1.807, 2.05) is 42.5 Å².